The molecule has 2 aliphatic rings. The number of rotatable bonds is 3. The van der Waals surface area contributed by atoms with E-state index in [4.69, 9.17) is 4.74 Å². The molecule has 1 saturated carbocycles. The average molecular weight is 282 g/mol. The Morgan fingerprint density at radius 3 is 2.25 bits per heavy atom. The lowest BCUT2D eigenvalue weighted by molar-refractivity contribution is -0.152. The summed E-state index contributed by atoms with van der Waals surface area (Å²) in [6, 6.07) is 0. The van der Waals surface area contributed by atoms with Crippen molar-refractivity contribution in [1.29, 1.82) is 0 Å². The van der Waals surface area contributed by atoms with Gasteiger partial charge < -0.3 is 15.4 Å². The van der Waals surface area contributed by atoms with Crippen molar-refractivity contribution in [3.8, 4) is 0 Å². The van der Waals surface area contributed by atoms with E-state index in [1.165, 1.54) is 7.11 Å². The van der Waals surface area contributed by atoms with Crippen LogP contribution in [0.15, 0.2) is 0 Å². The minimum Gasteiger partial charge on any atom is -0.467 e. The largest absolute Gasteiger partial charge is 0.467 e. The number of carbonyl (C=O) groups excluding carboxylic acids is 2. The first-order chi connectivity index (χ1) is 9.68. The molecule has 1 amide bonds. The summed E-state index contributed by atoms with van der Waals surface area (Å²) >= 11 is 0. The Morgan fingerprint density at radius 1 is 1.10 bits per heavy atom. The highest BCUT2D eigenvalue weighted by atomic mass is 16.5. The number of esters is 1. The molecule has 0 spiro atoms. The SMILES string of the molecule is COC(=O)C1(NC(=O)C2CCNCC2)CCCCCC1. The van der Waals surface area contributed by atoms with E-state index >= 15 is 0 Å². The van der Waals surface area contributed by atoms with E-state index in [2.05, 4.69) is 10.6 Å². The van der Waals surface area contributed by atoms with Gasteiger partial charge in [0, 0.05) is 5.92 Å². The zero-order valence-electron chi connectivity index (χ0n) is 12.4. The van der Waals surface area contributed by atoms with Crippen LogP contribution in [0.1, 0.15) is 51.4 Å². The van der Waals surface area contributed by atoms with E-state index in [1.807, 2.05) is 0 Å². The number of ether oxygens (including phenoxy) is 1. The van der Waals surface area contributed by atoms with Gasteiger partial charge in [0.05, 0.1) is 7.11 Å². The van der Waals surface area contributed by atoms with Gasteiger partial charge in [-0.2, -0.15) is 0 Å². The van der Waals surface area contributed by atoms with Crippen LogP contribution in [0.2, 0.25) is 0 Å². The maximum atomic E-state index is 12.5. The molecule has 2 rings (SSSR count). The van der Waals surface area contributed by atoms with Crippen molar-refractivity contribution >= 4 is 11.9 Å². The van der Waals surface area contributed by atoms with Crippen LogP contribution in [-0.2, 0) is 14.3 Å². The van der Waals surface area contributed by atoms with E-state index in [0.29, 0.717) is 12.8 Å². The summed E-state index contributed by atoms with van der Waals surface area (Å²) in [6.07, 6.45) is 7.31. The molecule has 2 N–H and O–H groups in total. The molecule has 20 heavy (non-hydrogen) atoms. The van der Waals surface area contributed by atoms with Gasteiger partial charge in [-0.25, -0.2) is 4.79 Å². The Bertz CT molecular complexity index is 343. The molecule has 1 aliphatic heterocycles. The first-order valence-electron chi connectivity index (χ1n) is 7.79. The molecule has 2 fully saturated rings. The number of methoxy groups -OCH3 is 1. The molecule has 114 valence electrons. The normalized spacial score (nSPS) is 23.6. The van der Waals surface area contributed by atoms with E-state index in [1.54, 1.807) is 0 Å². The Kier molecular flexibility index (Phi) is 5.40. The summed E-state index contributed by atoms with van der Waals surface area (Å²) < 4.78 is 4.97. The fraction of sp³-hybridized carbons (Fsp3) is 0.867. The van der Waals surface area contributed by atoms with E-state index < -0.39 is 5.54 Å². The molecule has 1 saturated heterocycles. The predicted molar refractivity (Wildman–Crippen MR) is 76.2 cm³/mol. The second-order valence-corrected chi connectivity index (χ2v) is 6.00. The zero-order chi connectivity index (χ0) is 14.4. The predicted octanol–water partition coefficient (Wildman–Crippen LogP) is 1.37. The maximum absolute atomic E-state index is 12.5. The van der Waals surface area contributed by atoms with Crippen LogP contribution in [0.25, 0.3) is 0 Å². The summed E-state index contributed by atoms with van der Waals surface area (Å²) in [4.78, 5) is 24.7. The van der Waals surface area contributed by atoms with Crippen LogP contribution >= 0.6 is 0 Å². The van der Waals surface area contributed by atoms with Crippen LogP contribution in [0.4, 0.5) is 0 Å². The van der Waals surface area contributed by atoms with Crippen molar-refractivity contribution in [2.45, 2.75) is 56.9 Å². The average Bonchev–Trinajstić information content (AvgIpc) is 2.74. The molecule has 0 atom stereocenters. The minimum absolute atomic E-state index is 0.0267. The Labute approximate surface area is 120 Å². The van der Waals surface area contributed by atoms with Crippen LogP contribution < -0.4 is 10.6 Å². The molecule has 1 heterocycles. The number of hydrogen-bond donors (Lipinski definition) is 2. The molecule has 0 aromatic rings. The highest BCUT2D eigenvalue weighted by molar-refractivity contribution is 5.89. The van der Waals surface area contributed by atoms with Crippen molar-refractivity contribution in [3.63, 3.8) is 0 Å². The molecule has 0 aromatic carbocycles. The number of hydrogen-bond acceptors (Lipinski definition) is 4. The molecule has 0 bridgehead atoms. The second kappa shape index (κ2) is 7.07. The molecule has 0 unspecified atom stereocenters. The van der Waals surface area contributed by atoms with E-state index in [0.717, 1.165) is 51.6 Å². The molecule has 5 nitrogen and oxygen atoms in total. The van der Waals surface area contributed by atoms with Gasteiger partial charge in [-0.3, -0.25) is 4.79 Å². The van der Waals surface area contributed by atoms with Crippen molar-refractivity contribution in [3.05, 3.63) is 0 Å². The van der Waals surface area contributed by atoms with Gasteiger partial charge in [0.1, 0.15) is 5.54 Å². The van der Waals surface area contributed by atoms with E-state index in [-0.39, 0.29) is 17.8 Å². The van der Waals surface area contributed by atoms with Gasteiger partial charge in [0.2, 0.25) is 5.91 Å². The van der Waals surface area contributed by atoms with Crippen molar-refractivity contribution in [1.82, 2.24) is 10.6 Å². The summed E-state index contributed by atoms with van der Waals surface area (Å²) in [5.74, 6) is -0.221. The third kappa shape index (κ3) is 3.51. The lowest BCUT2D eigenvalue weighted by Gasteiger charge is -2.33. The summed E-state index contributed by atoms with van der Waals surface area (Å²) in [5.41, 5.74) is -0.785. The van der Waals surface area contributed by atoms with Crippen LogP contribution in [0.5, 0.6) is 0 Å². The summed E-state index contributed by atoms with van der Waals surface area (Å²) in [6.45, 7) is 1.76. The monoisotopic (exact) mass is 282 g/mol. The Hall–Kier alpha value is -1.10. The van der Waals surface area contributed by atoms with Crippen LogP contribution in [0.3, 0.4) is 0 Å². The van der Waals surface area contributed by atoms with Crippen LogP contribution in [-0.4, -0.2) is 37.6 Å². The maximum Gasteiger partial charge on any atom is 0.331 e. The van der Waals surface area contributed by atoms with Gasteiger partial charge in [-0.05, 0) is 38.8 Å². The first kappa shape index (κ1) is 15.3. The number of carbonyl (C=O) groups is 2. The highest BCUT2D eigenvalue weighted by Gasteiger charge is 2.42. The first-order valence-corrected chi connectivity index (χ1v) is 7.79. The van der Waals surface area contributed by atoms with Crippen LogP contribution in [0, 0.1) is 5.92 Å². The standard InChI is InChI=1S/C15H26N2O3/c1-20-14(19)15(8-4-2-3-5-9-15)17-13(18)12-6-10-16-11-7-12/h12,16H,2-11H2,1H3,(H,17,18). The zero-order valence-corrected chi connectivity index (χ0v) is 12.4. The molecule has 1 aliphatic carbocycles. The Morgan fingerprint density at radius 2 is 1.70 bits per heavy atom. The van der Waals surface area contributed by atoms with Crippen molar-refractivity contribution < 1.29 is 14.3 Å². The minimum atomic E-state index is -0.785. The molecule has 5 heteroatoms. The third-order valence-electron chi connectivity index (χ3n) is 4.61. The summed E-state index contributed by atoms with van der Waals surface area (Å²) in [7, 11) is 1.41. The quantitative estimate of drug-likeness (QED) is 0.606. The molecular weight excluding hydrogens is 256 g/mol. The van der Waals surface area contributed by atoms with Crippen molar-refractivity contribution in [2.24, 2.45) is 5.92 Å². The lowest BCUT2D eigenvalue weighted by Crippen LogP contribution is -2.56. The topological polar surface area (TPSA) is 67.4 Å². The lowest BCUT2D eigenvalue weighted by atomic mass is 9.88. The number of nitrogens with one attached hydrogen (secondary N) is 2. The Balaban J connectivity index is 2.06. The van der Waals surface area contributed by atoms with Crippen molar-refractivity contribution in [2.75, 3.05) is 20.2 Å². The van der Waals surface area contributed by atoms with Gasteiger partial charge in [0.25, 0.3) is 0 Å². The highest BCUT2D eigenvalue weighted by Crippen LogP contribution is 2.29. The molecular formula is C15H26N2O3. The third-order valence-corrected chi connectivity index (χ3v) is 4.61. The van der Waals surface area contributed by atoms with Gasteiger partial charge in [-0.1, -0.05) is 25.7 Å². The smallest absolute Gasteiger partial charge is 0.331 e. The van der Waals surface area contributed by atoms with E-state index in [9.17, 15) is 9.59 Å². The summed E-state index contributed by atoms with van der Waals surface area (Å²) in [5, 5.41) is 6.31. The second-order valence-electron chi connectivity index (χ2n) is 6.00. The number of amides is 1. The van der Waals surface area contributed by atoms with Gasteiger partial charge in [-0.15, -0.1) is 0 Å². The fourth-order valence-corrected chi connectivity index (χ4v) is 3.33. The molecule has 0 radical (unpaired) electrons. The fourth-order valence-electron chi connectivity index (χ4n) is 3.33. The number of piperidine rings is 1. The molecule has 0 aromatic heterocycles. The van der Waals surface area contributed by atoms with Gasteiger partial charge in [0.15, 0.2) is 0 Å². The van der Waals surface area contributed by atoms with Gasteiger partial charge >= 0.3 is 5.97 Å².